The molecule has 7 nitrogen and oxygen atoms in total. The molecule has 0 aliphatic heterocycles. The largest absolute Gasteiger partial charge is 0.352 e. The van der Waals surface area contributed by atoms with Gasteiger partial charge < -0.3 is 10.3 Å². The number of nitrogens with one attached hydrogen (secondary N) is 2. The Labute approximate surface area is 145 Å². The summed E-state index contributed by atoms with van der Waals surface area (Å²) in [6, 6.07) is 3.44. The lowest BCUT2D eigenvalue weighted by molar-refractivity contribution is 0.0951. The summed E-state index contributed by atoms with van der Waals surface area (Å²) in [6.45, 7) is 5.05. The molecule has 2 N–H and O–H groups in total. The van der Waals surface area contributed by atoms with Gasteiger partial charge in [0.05, 0.1) is 5.69 Å². The Balaban J connectivity index is 1.62. The van der Waals surface area contributed by atoms with Crippen molar-refractivity contribution in [3.8, 4) is 0 Å². The maximum Gasteiger partial charge on any atom is 0.261 e. The van der Waals surface area contributed by atoms with Crippen LogP contribution in [0.5, 0.6) is 0 Å². The number of hydrogen-bond donors (Lipinski definition) is 2. The Morgan fingerprint density at radius 2 is 2.08 bits per heavy atom. The van der Waals surface area contributed by atoms with Gasteiger partial charge in [-0.3, -0.25) is 19.1 Å². The minimum Gasteiger partial charge on any atom is -0.352 e. The number of amides is 1. The van der Waals surface area contributed by atoms with E-state index in [0.29, 0.717) is 43.6 Å². The van der Waals surface area contributed by atoms with E-state index in [0.717, 1.165) is 17.8 Å². The Kier molecular flexibility index (Phi) is 4.83. The molecule has 2 heterocycles. The van der Waals surface area contributed by atoms with Crippen molar-refractivity contribution in [3.63, 3.8) is 0 Å². The fraction of sp³-hybridized carbons (Fsp3) is 0.444. The molecule has 0 atom stereocenters. The Morgan fingerprint density at radius 1 is 1.28 bits per heavy atom. The van der Waals surface area contributed by atoms with Gasteiger partial charge in [0.15, 0.2) is 5.78 Å². The number of carbonyl (C=O) groups is 2. The summed E-state index contributed by atoms with van der Waals surface area (Å²) in [5.74, 6) is -0.466. The van der Waals surface area contributed by atoms with Gasteiger partial charge in [0, 0.05) is 36.5 Å². The first kappa shape index (κ1) is 17.1. The van der Waals surface area contributed by atoms with Crippen LogP contribution >= 0.6 is 0 Å². The molecule has 0 aromatic carbocycles. The van der Waals surface area contributed by atoms with Crippen molar-refractivity contribution < 1.29 is 9.59 Å². The van der Waals surface area contributed by atoms with E-state index in [9.17, 15) is 14.4 Å². The van der Waals surface area contributed by atoms with Crippen molar-refractivity contribution >= 4 is 11.7 Å². The lowest BCUT2D eigenvalue weighted by atomic mass is 9.93. The summed E-state index contributed by atoms with van der Waals surface area (Å²) in [6.07, 6.45) is 2.57. The van der Waals surface area contributed by atoms with E-state index in [4.69, 9.17) is 0 Å². The predicted molar refractivity (Wildman–Crippen MR) is 93.0 cm³/mol. The monoisotopic (exact) mass is 342 g/mol. The number of aromatic amines is 1. The number of ketones is 1. The third-order valence-corrected chi connectivity index (χ3v) is 4.43. The molecule has 1 amide bonds. The van der Waals surface area contributed by atoms with Crippen molar-refractivity contribution in [2.75, 3.05) is 6.54 Å². The van der Waals surface area contributed by atoms with Gasteiger partial charge in [0.2, 0.25) is 0 Å². The minimum absolute atomic E-state index is 0.000106. The summed E-state index contributed by atoms with van der Waals surface area (Å²) in [5.41, 5.74) is 2.71. The molecule has 0 unspecified atom stereocenters. The van der Waals surface area contributed by atoms with Crippen molar-refractivity contribution in [1.82, 2.24) is 20.1 Å². The smallest absolute Gasteiger partial charge is 0.261 e. The van der Waals surface area contributed by atoms with Crippen molar-refractivity contribution in [2.24, 2.45) is 0 Å². The number of aromatic nitrogens is 3. The molecule has 132 valence electrons. The Bertz CT molecular complexity index is 879. The second-order valence-corrected chi connectivity index (χ2v) is 6.44. The zero-order valence-electron chi connectivity index (χ0n) is 14.5. The van der Waals surface area contributed by atoms with Gasteiger partial charge in [0.1, 0.15) is 5.56 Å². The maximum atomic E-state index is 12.3. The molecule has 3 rings (SSSR count). The number of hydrogen-bond acceptors (Lipinski definition) is 4. The number of rotatable bonds is 5. The second kappa shape index (κ2) is 7.04. The van der Waals surface area contributed by atoms with E-state index >= 15 is 0 Å². The zero-order valence-corrected chi connectivity index (χ0v) is 14.5. The summed E-state index contributed by atoms with van der Waals surface area (Å²) in [4.78, 5) is 39.0. The highest BCUT2D eigenvalue weighted by atomic mass is 16.2. The number of pyridine rings is 1. The van der Waals surface area contributed by atoms with Gasteiger partial charge >= 0.3 is 0 Å². The highest BCUT2D eigenvalue weighted by molar-refractivity contribution is 6.01. The van der Waals surface area contributed by atoms with Crippen LogP contribution in [-0.4, -0.2) is 33.0 Å². The Hall–Kier alpha value is -2.70. The van der Waals surface area contributed by atoms with Crippen LogP contribution in [0.25, 0.3) is 0 Å². The summed E-state index contributed by atoms with van der Waals surface area (Å²) in [5, 5.41) is 7.11. The van der Waals surface area contributed by atoms with Gasteiger partial charge in [-0.05, 0) is 45.2 Å². The first-order chi connectivity index (χ1) is 12.0. The van der Waals surface area contributed by atoms with Crippen molar-refractivity contribution in [1.29, 1.82) is 0 Å². The molecule has 25 heavy (non-hydrogen) atoms. The van der Waals surface area contributed by atoms with Gasteiger partial charge in [0.25, 0.3) is 11.5 Å². The lowest BCUT2D eigenvalue weighted by Crippen LogP contribution is -2.32. The zero-order chi connectivity index (χ0) is 18.0. The first-order valence-corrected chi connectivity index (χ1v) is 8.54. The number of nitrogens with zero attached hydrogens (tertiary/aromatic N) is 2. The van der Waals surface area contributed by atoms with E-state index in [1.807, 2.05) is 24.6 Å². The van der Waals surface area contributed by atoms with Gasteiger partial charge in [-0.25, -0.2) is 0 Å². The molecule has 0 saturated carbocycles. The topological polar surface area (TPSA) is 96.9 Å². The van der Waals surface area contributed by atoms with Gasteiger partial charge in [-0.1, -0.05) is 0 Å². The molecule has 0 saturated heterocycles. The molecule has 0 spiro atoms. The van der Waals surface area contributed by atoms with Crippen LogP contribution in [0.4, 0.5) is 0 Å². The highest BCUT2D eigenvalue weighted by Gasteiger charge is 2.21. The molecular formula is C18H22N4O3. The Morgan fingerprint density at radius 3 is 2.80 bits per heavy atom. The highest BCUT2D eigenvalue weighted by Crippen LogP contribution is 2.18. The molecular weight excluding hydrogens is 320 g/mol. The van der Waals surface area contributed by atoms with Crippen molar-refractivity contribution in [2.45, 2.75) is 46.1 Å². The second-order valence-electron chi connectivity index (χ2n) is 6.44. The number of Topliss-reactive ketones (excluding diaryl/α,β-unsaturated/α-hetero) is 1. The third-order valence-electron chi connectivity index (χ3n) is 4.43. The molecule has 7 heteroatoms. The van der Waals surface area contributed by atoms with Gasteiger partial charge in [-0.15, -0.1) is 0 Å². The fourth-order valence-electron chi connectivity index (χ4n) is 3.17. The SMILES string of the molecule is Cc1cc(C)n(CCCNC(=O)c2cc3c([nH]c2=O)CCCC3=O)n1. The van der Waals surface area contributed by atoms with Crippen LogP contribution in [0.2, 0.25) is 0 Å². The van der Waals surface area contributed by atoms with Crippen LogP contribution < -0.4 is 10.9 Å². The molecule has 2 aromatic heterocycles. The molecule has 0 bridgehead atoms. The van der Waals surface area contributed by atoms with Crippen LogP contribution in [0.1, 0.15) is 57.1 Å². The minimum atomic E-state index is -0.448. The average Bonchev–Trinajstić information content (AvgIpc) is 2.88. The van der Waals surface area contributed by atoms with Crippen molar-refractivity contribution in [3.05, 3.63) is 50.7 Å². The van der Waals surface area contributed by atoms with E-state index in [2.05, 4.69) is 15.4 Å². The van der Waals surface area contributed by atoms with E-state index in [-0.39, 0.29) is 11.3 Å². The average molecular weight is 342 g/mol. The van der Waals surface area contributed by atoms with Crippen LogP contribution in [-0.2, 0) is 13.0 Å². The number of aryl methyl sites for hydroxylation is 4. The normalized spacial score (nSPS) is 13.6. The molecule has 2 aromatic rings. The lowest BCUT2D eigenvalue weighted by Gasteiger charge is -2.15. The summed E-state index contributed by atoms with van der Waals surface area (Å²) < 4.78 is 1.89. The van der Waals surface area contributed by atoms with E-state index < -0.39 is 11.5 Å². The molecule has 0 radical (unpaired) electrons. The quantitative estimate of drug-likeness (QED) is 0.805. The van der Waals surface area contributed by atoms with E-state index in [1.165, 1.54) is 6.07 Å². The van der Waals surface area contributed by atoms with Crippen LogP contribution in [0.15, 0.2) is 16.9 Å². The predicted octanol–water partition coefficient (Wildman–Crippen LogP) is 1.53. The van der Waals surface area contributed by atoms with E-state index in [1.54, 1.807) is 0 Å². The molecule has 1 aliphatic rings. The maximum absolute atomic E-state index is 12.3. The molecule has 0 fully saturated rings. The van der Waals surface area contributed by atoms with Crippen LogP contribution in [0, 0.1) is 13.8 Å². The fourth-order valence-corrected chi connectivity index (χ4v) is 3.17. The summed E-state index contributed by atoms with van der Waals surface area (Å²) in [7, 11) is 0. The number of fused-ring (bicyclic) bond motifs is 1. The summed E-state index contributed by atoms with van der Waals surface area (Å²) >= 11 is 0. The standard InChI is InChI=1S/C18H22N4O3/c1-11-9-12(2)22(21-11)8-4-7-19-17(24)14-10-13-15(20-18(14)25)5-3-6-16(13)23/h9-10H,3-8H2,1-2H3,(H,19,24)(H,20,25). The molecule has 1 aliphatic carbocycles. The number of carbonyl (C=O) groups excluding carboxylic acids is 2. The number of H-pyrrole nitrogens is 1. The third kappa shape index (κ3) is 3.70. The first-order valence-electron chi connectivity index (χ1n) is 8.54. The van der Waals surface area contributed by atoms with Crippen LogP contribution in [0.3, 0.4) is 0 Å². The van der Waals surface area contributed by atoms with Gasteiger partial charge in [-0.2, -0.15) is 5.10 Å².